The van der Waals surface area contributed by atoms with Crippen molar-refractivity contribution in [3.05, 3.63) is 29.8 Å². The fourth-order valence-corrected chi connectivity index (χ4v) is 2.05. The van der Waals surface area contributed by atoms with E-state index >= 15 is 0 Å². The molecule has 4 nitrogen and oxygen atoms in total. The van der Waals surface area contributed by atoms with Crippen LogP contribution < -0.4 is 0 Å². The van der Waals surface area contributed by atoms with Gasteiger partial charge in [-0.1, -0.05) is 31.9 Å². The third kappa shape index (κ3) is 3.23. The maximum Gasteiger partial charge on any atom is 0.309 e. The highest BCUT2D eigenvalue weighted by Crippen LogP contribution is 2.33. The number of benzene rings is 1. The van der Waals surface area contributed by atoms with Crippen molar-refractivity contribution in [3.63, 3.8) is 0 Å². The molecule has 18 heavy (non-hydrogen) atoms. The van der Waals surface area contributed by atoms with E-state index in [1.807, 2.05) is 6.92 Å². The van der Waals surface area contributed by atoms with E-state index in [0.717, 1.165) is 12.8 Å². The van der Waals surface area contributed by atoms with Gasteiger partial charge in [0.15, 0.2) is 0 Å². The van der Waals surface area contributed by atoms with Gasteiger partial charge in [0, 0.05) is 0 Å². The highest BCUT2D eigenvalue weighted by Gasteiger charge is 2.38. The van der Waals surface area contributed by atoms with Crippen molar-refractivity contribution in [3.8, 4) is 5.75 Å². The Labute approximate surface area is 107 Å². The molecule has 0 amide bonds. The van der Waals surface area contributed by atoms with Gasteiger partial charge >= 0.3 is 5.97 Å². The Bertz CT molecular complexity index is 395. The molecule has 0 saturated heterocycles. The highest BCUT2D eigenvalue weighted by atomic mass is 16.4. The molecule has 0 radical (unpaired) electrons. The van der Waals surface area contributed by atoms with Gasteiger partial charge in [0.25, 0.3) is 0 Å². The molecule has 0 spiro atoms. The summed E-state index contributed by atoms with van der Waals surface area (Å²) >= 11 is 0. The van der Waals surface area contributed by atoms with Gasteiger partial charge in [0.05, 0.1) is 5.92 Å². The molecule has 0 aliphatic carbocycles. The first-order valence-corrected chi connectivity index (χ1v) is 6.14. The van der Waals surface area contributed by atoms with Crippen molar-refractivity contribution in [1.29, 1.82) is 0 Å². The van der Waals surface area contributed by atoms with Gasteiger partial charge in [0.1, 0.15) is 11.4 Å². The molecule has 1 aromatic carbocycles. The van der Waals surface area contributed by atoms with Crippen LogP contribution in [0.15, 0.2) is 24.3 Å². The quantitative estimate of drug-likeness (QED) is 0.727. The summed E-state index contributed by atoms with van der Waals surface area (Å²) in [5.74, 6) is -1.75. The lowest BCUT2D eigenvalue weighted by molar-refractivity contribution is -0.152. The largest absolute Gasteiger partial charge is 0.508 e. The van der Waals surface area contributed by atoms with Crippen molar-refractivity contribution in [2.24, 2.45) is 5.92 Å². The van der Waals surface area contributed by atoms with E-state index in [1.165, 1.54) is 19.1 Å². The molecule has 0 fully saturated rings. The van der Waals surface area contributed by atoms with Crippen LogP contribution in [-0.4, -0.2) is 21.3 Å². The van der Waals surface area contributed by atoms with Gasteiger partial charge in [-0.3, -0.25) is 4.79 Å². The lowest BCUT2D eigenvalue weighted by Gasteiger charge is -2.30. The second-order valence-corrected chi connectivity index (χ2v) is 4.73. The number of carbonyl (C=O) groups is 1. The Kier molecular flexibility index (Phi) is 4.73. The van der Waals surface area contributed by atoms with Crippen LogP contribution in [0.3, 0.4) is 0 Å². The van der Waals surface area contributed by atoms with Gasteiger partial charge in [-0.25, -0.2) is 0 Å². The zero-order chi connectivity index (χ0) is 13.8. The van der Waals surface area contributed by atoms with E-state index < -0.39 is 17.5 Å². The molecule has 2 atom stereocenters. The van der Waals surface area contributed by atoms with Crippen LogP contribution >= 0.6 is 0 Å². The van der Waals surface area contributed by atoms with Gasteiger partial charge in [-0.2, -0.15) is 0 Å². The number of hydrogen-bond donors (Lipinski definition) is 3. The zero-order valence-corrected chi connectivity index (χ0v) is 10.8. The number of aromatic hydroxyl groups is 1. The number of phenolic OH excluding ortho intramolecular Hbond substituents is 1. The van der Waals surface area contributed by atoms with Gasteiger partial charge in [-0.05, 0) is 31.0 Å². The van der Waals surface area contributed by atoms with E-state index in [4.69, 9.17) is 0 Å². The first-order valence-electron chi connectivity index (χ1n) is 6.14. The molecule has 0 heterocycles. The van der Waals surface area contributed by atoms with Crippen molar-refractivity contribution < 1.29 is 20.1 Å². The standard InChI is InChI=1S/C14H20O4/c1-3-4-5-12(13(16)17)14(2,18)10-6-8-11(15)9-7-10/h6-9,12,15,18H,3-5H2,1-2H3,(H,16,17). The minimum absolute atomic E-state index is 0.0926. The van der Waals surface area contributed by atoms with Gasteiger partial charge in [0.2, 0.25) is 0 Å². The molecule has 0 aliphatic rings. The molecule has 0 bridgehead atoms. The molecular formula is C14H20O4. The fourth-order valence-electron chi connectivity index (χ4n) is 2.05. The molecule has 1 rings (SSSR count). The zero-order valence-electron chi connectivity index (χ0n) is 10.8. The van der Waals surface area contributed by atoms with E-state index in [2.05, 4.69) is 0 Å². The van der Waals surface area contributed by atoms with Gasteiger partial charge in [-0.15, -0.1) is 0 Å². The summed E-state index contributed by atoms with van der Waals surface area (Å²) in [6, 6.07) is 6.00. The predicted octanol–water partition coefficient (Wildman–Crippen LogP) is 2.49. The second kappa shape index (κ2) is 5.87. The third-order valence-corrected chi connectivity index (χ3v) is 3.27. The number of aliphatic hydroxyl groups is 1. The molecule has 0 aromatic heterocycles. The Morgan fingerprint density at radius 1 is 1.33 bits per heavy atom. The highest BCUT2D eigenvalue weighted by molar-refractivity contribution is 5.72. The molecule has 1 aromatic rings. The molecule has 0 aliphatic heterocycles. The number of phenols is 1. The molecule has 100 valence electrons. The summed E-state index contributed by atoms with van der Waals surface area (Å²) in [5, 5.41) is 28.9. The fraction of sp³-hybridized carbons (Fsp3) is 0.500. The summed E-state index contributed by atoms with van der Waals surface area (Å²) in [4.78, 5) is 11.3. The minimum Gasteiger partial charge on any atom is -0.508 e. The van der Waals surface area contributed by atoms with Crippen LogP contribution in [0.25, 0.3) is 0 Å². The smallest absolute Gasteiger partial charge is 0.309 e. The number of aliphatic carboxylic acids is 1. The normalized spacial score (nSPS) is 15.9. The molecule has 4 heteroatoms. The topological polar surface area (TPSA) is 77.8 Å². The van der Waals surface area contributed by atoms with Crippen LogP contribution in [0.1, 0.15) is 38.7 Å². The van der Waals surface area contributed by atoms with Crippen molar-refractivity contribution >= 4 is 5.97 Å². The maximum atomic E-state index is 11.3. The van der Waals surface area contributed by atoms with Crippen molar-refractivity contribution in [1.82, 2.24) is 0 Å². The van der Waals surface area contributed by atoms with Crippen LogP contribution in [0.2, 0.25) is 0 Å². The number of carboxylic acids is 1. The van der Waals surface area contributed by atoms with Crippen LogP contribution in [-0.2, 0) is 10.4 Å². The maximum absolute atomic E-state index is 11.3. The number of carboxylic acid groups (broad SMARTS) is 1. The van der Waals surface area contributed by atoms with Gasteiger partial charge < -0.3 is 15.3 Å². The van der Waals surface area contributed by atoms with Crippen molar-refractivity contribution in [2.45, 2.75) is 38.7 Å². The van der Waals surface area contributed by atoms with E-state index in [0.29, 0.717) is 12.0 Å². The molecular weight excluding hydrogens is 232 g/mol. The number of rotatable bonds is 6. The van der Waals surface area contributed by atoms with Crippen LogP contribution in [0.4, 0.5) is 0 Å². The number of hydrogen-bond acceptors (Lipinski definition) is 3. The van der Waals surface area contributed by atoms with E-state index in [9.17, 15) is 20.1 Å². The predicted molar refractivity (Wildman–Crippen MR) is 68.3 cm³/mol. The summed E-state index contributed by atoms with van der Waals surface area (Å²) in [5.41, 5.74) is -0.932. The summed E-state index contributed by atoms with van der Waals surface area (Å²) in [6.45, 7) is 3.49. The SMILES string of the molecule is CCCCC(C(=O)O)C(C)(O)c1ccc(O)cc1. The Balaban J connectivity index is 3.00. The monoisotopic (exact) mass is 252 g/mol. The van der Waals surface area contributed by atoms with Crippen molar-refractivity contribution in [2.75, 3.05) is 0 Å². The average Bonchev–Trinajstić information content (AvgIpc) is 2.29. The lowest BCUT2D eigenvalue weighted by atomic mass is 9.80. The van der Waals surface area contributed by atoms with E-state index in [1.54, 1.807) is 12.1 Å². The summed E-state index contributed by atoms with van der Waals surface area (Å²) in [7, 11) is 0. The van der Waals surface area contributed by atoms with E-state index in [-0.39, 0.29) is 5.75 Å². The Hall–Kier alpha value is -1.55. The molecule has 3 N–H and O–H groups in total. The summed E-state index contributed by atoms with van der Waals surface area (Å²) in [6.07, 6.45) is 2.07. The first kappa shape index (κ1) is 14.5. The number of unbranched alkanes of at least 4 members (excludes halogenated alkanes) is 1. The Morgan fingerprint density at radius 2 is 1.89 bits per heavy atom. The first-order chi connectivity index (χ1) is 8.39. The van der Waals surface area contributed by atoms with Crippen LogP contribution in [0, 0.1) is 5.92 Å². The minimum atomic E-state index is -1.44. The second-order valence-electron chi connectivity index (χ2n) is 4.73. The third-order valence-electron chi connectivity index (χ3n) is 3.27. The van der Waals surface area contributed by atoms with Crippen LogP contribution in [0.5, 0.6) is 5.75 Å². The average molecular weight is 252 g/mol. The lowest BCUT2D eigenvalue weighted by Crippen LogP contribution is -2.37. The molecule has 2 unspecified atom stereocenters. The molecule has 0 saturated carbocycles. The summed E-state index contributed by atoms with van der Waals surface area (Å²) < 4.78 is 0. The Morgan fingerprint density at radius 3 is 2.33 bits per heavy atom.